The fraction of sp³-hybridized carbons (Fsp3) is 0.300. The Kier molecular flexibility index (Phi) is 3.50. The van der Waals surface area contributed by atoms with Crippen LogP contribution in [-0.2, 0) is 24.5 Å². The highest BCUT2D eigenvalue weighted by molar-refractivity contribution is 6.28. The zero-order valence-electron chi connectivity index (χ0n) is 14.9. The van der Waals surface area contributed by atoms with Gasteiger partial charge in [-0.3, -0.25) is 14.4 Å². The van der Waals surface area contributed by atoms with Crippen LogP contribution in [0.5, 0.6) is 0 Å². The molecule has 2 unspecified atom stereocenters. The Labute approximate surface area is 155 Å². The van der Waals surface area contributed by atoms with Gasteiger partial charge < -0.3 is 10.5 Å². The monoisotopic (exact) mass is 363 g/mol. The number of hydrogen-bond acceptors (Lipinski definition) is 6. The number of amides is 2. The van der Waals surface area contributed by atoms with E-state index >= 15 is 0 Å². The molecule has 2 aliphatic heterocycles. The Morgan fingerprint density at radius 3 is 2.70 bits per heavy atom. The van der Waals surface area contributed by atoms with Crippen molar-refractivity contribution < 1.29 is 19.1 Å². The van der Waals surface area contributed by atoms with E-state index in [1.54, 1.807) is 24.3 Å². The summed E-state index contributed by atoms with van der Waals surface area (Å²) in [4.78, 5) is 39.9. The lowest BCUT2D eigenvalue weighted by Crippen LogP contribution is -2.50. The number of carbonyl (C=O) groups is 3. The number of hydrogen-bond donors (Lipinski definition) is 1. The van der Waals surface area contributed by atoms with Gasteiger partial charge in [-0.1, -0.05) is 25.1 Å². The lowest BCUT2D eigenvalue weighted by molar-refractivity contribution is -0.129. The summed E-state index contributed by atoms with van der Waals surface area (Å²) in [5, 5.41) is 9.83. The number of ketones is 1. The summed E-state index contributed by atoms with van der Waals surface area (Å²) in [6.45, 7) is 3.18. The van der Waals surface area contributed by atoms with Gasteiger partial charge in [-0.15, -0.1) is 0 Å². The Morgan fingerprint density at radius 2 is 2.04 bits per heavy atom. The molecule has 0 saturated carbocycles. The highest BCUT2D eigenvalue weighted by Gasteiger charge is 2.63. The molecule has 2 heterocycles. The summed E-state index contributed by atoms with van der Waals surface area (Å²) in [5.41, 5.74) is 5.03. The van der Waals surface area contributed by atoms with Crippen LogP contribution in [-0.4, -0.2) is 17.6 Å². The van der Waals surface area contributed by atoms with Crippen LogP contribution in [0.1, 0.15) is 32.3 Å². The van der Waals surface area contributed by atoms with Crippen molar-refractivity contribution in [2.45, 2.75) is 32.1 Å². The van der Waals surface area contributed by atoms with Crippen molar-refractivity contribution in [1.29, 1.82) is 5.26 Å². The number of para-hydroxylation sites is 1. The molecule has 1 spiro atoms. The lowest BCUT2D eigenvalue weighted by atomic mass is 9.64. The Bertz CT molecular complexity index is 1030. The molecule has 0 bridgehead atoms. The number of fused-ring (bicyclic) bond motifs is 3. The summed E-state index contributed by atoms with van der Waals surface area (Å²) >= 11 is 0. The van der Waals surface area contributed by atoms with Crippen LogP contribution in [0.25, 0.3) is 0 Å². The van der Waals surface area contributed by atoms with Crippen molar-refractivity contribution in [3.05, 3.63) is 52.6 Å². The Hall–Kier alpha value is -3.40. The zero-order valence-corrected chi connectivity index (χ0v) is 14.9. The van der Waals surface area contributed by atoms with Gasteiger partial charge in [0, 0.05) is 25.3 Å². The van der Waals surface area contributed by atoms with Gasteiger partial charge in [0.15, 0.2) is 5.78 Å². The van der Waals surface area contributed by atoms with Gasteiger partial charge >= 0.3 is 0 Å². The average molecular weight is 363 g/mol. The van der Waals surface area contributed by atoms with Crippen LogP contribution in [0.4, 0.5) is 5.69 Å². The lowest BCUT2D eigenvalue weighted by Gasteiger charge is -2.38. The van der Waals surface area contributed by atoms with E-state index in [-0.39, 0.29) is 35.2 Å². The minimum absolute atomic E-state index is 0.0281. The van der Waals surface area contributed by atoms with Gasteiger partial charge in [0.25, 0.3) is 5.91 Å². The normalized spacial score (nSPS) is 26.7. The minimum atomic E-state index is -1.73. The highest BCUT2D eigenvalue weighted by atomic mass is 16.5. The van der Waals surface area contributed by atoms with Crippen molar-refractivity contribution in [3.63, 3.8) is 0 Å². The second-order valence-corrected chi connectivity index (χ2v) is 7.11. The number of ether oxygens (including phenoxy) is 1. The molecule has 2 atom stereocenters. The van der Waals surface area contributed by atoms with Gasteiger partial charge in [0.05, 0.1) is 11.3 Å². The topological polar surface area (TPSA) is 113 Å². The van der Waals surface area contributed by atoms with Crippen molar-refractivity contribution in [1.82, 2.24) is 0 Å². The molecule has 2 N–H and O–H groups in total. The summed E-state index contributed by atoms with van der Waals surface area (Å²) in [6.07, 6.45) is 0.663. The molecule has 0 aromatic heterocycles. The molecule has 7 nitrogen and oxygen atoms in total. The van der Waals surface area contributed by atoms with Crippen LogP contribution in [0.2, 0.25) is 0 Å². The number of anilines is 1. The molecule has 7 heteroatoms. The van der Waals surface area contributed by atoms with Crippen LogP contribution in [0.15, 0.2) is 47.1 Å². The maximum atomic E-state index is 13.6. The van der Waals surface area contributed by atoms with E-state index in [1.165, 1.54) is 6.92 Å². The van der Waals surface area contributed by atoms with E-state index in [1.807, 2.05) is 13.0 Å². The van der Waals surface area contributed by atoms with Crippen molar-refractivity contribution in [3.8, 4) is 6.07 Å². The number of carbonyl (C=O) groups excluding carboxylic acids is 3. The maximum Gasteiger partial charge on any atom is 0.254 e. The second kappa shape index (κ2) is 5.55. The molecule has 3 aliphatic rings. The second-order valence-electron chi connectivity index (χ2n) is 7.11. The SMILES string of the molecule is CC(=O)N1C(=O)C2(C(C#N)=C(N)OC3=C2C(=O)CC(C)C3)c2ccccc21. The summed E-state index contributed by atoms with van der Waals surface area (Å²) in [7, 11) is 0. The van der Waals surface area contributed by atoms with Gasteiger partial charge in [-0.05, 0) is 12.0 Å². The molecular formula is C20H17N3O4. The van der Waals surface area contributed by atoms with E-state index in [0.717, 1.165) is 4.90 Å². The summed E-state index contributed by atoms with van der Waals surface area (Å²) in [5.74, 6) is -1.28. The molecule has 1 aromatic carbocycles. The van der Waals surface area contributed by atoms with Gasteiger partial charge in [-0.25, -0.2) is 4.90 Å². The number of Topliss-reactive ketones (excluding diaryl/α,β-unsaturated/α-hetero) is 1. The number of nitrogens with zero attached hydrogens (tertiary/aromatic N) is 2. The van der Waals surface area contributed by atoms with E-state index in [4.69, 9.17) is 10.5 Å². The van der Waals surface area contributed by atoms with Crippen LogP contribution >= 0.6 is 0 Å². The number of rotatable bonds is 0. The number of nitriles is 1. The van der Waals surface area contributed by atoms with Crippen molar-refractivity contribution in [2.24, 2.45) is 11.7 Å². The predicted octanol–water partition coefficient (Wildman–Crippen LogP) is 1.79. The van der Waals surface area contributed by atoms with Crippen molar-refractivity contribution in [2.75, 3.05) is 4.90 Å². The summed E-state index contributed by atoms with van der Waals surface area (Å²) in [6, 6.07) is 8.64. The molecule has 27 heavy (non-hydrogen) atoms. The molecule has 4 rings (SSSR count). The van der Waals surface area contributed by atoms with Gasteiger partial charge in [0.1, 0.15) is 22.8 Å². The Balaban J connectivity index is 2.14. The van der Waals surface area contributed by atoms with Gasteiger partial charge in [-0.2, -0.15) is 5.26 Å². The Morgan fingerprint density at radius 1 is 1.33 bits per heavy atom. The third-order valence-electron chi connectivity index (χ3n) is 5.35. The average Bonchev–Trinajstić information content (AvgIpc) is 2.84. The van der Waals surface area contributed by atoms with Gasteiger partial charge in [0.2, 0.25) is 11.8 Å². The third-order valence-corrected chi connectivity index (χ3v) is 5.35. The molecular weight excluding hydrogens is 346 g/mol. The first-order chi connectivity index (χ1) is 12.8. The molecule has 1 aromatic rings. The minimum Gasteiger partial charge on any atom is -0.444 e. The van der Waals surface area contributed by atoms with Crippen LogP contribution in [0, 0.1) is 17.2 Å². The number of benzene rings is 1. The molecule has 1 aliphatic carbocycles. The number of imide groups is 1. The van der Waals surface area contributed by atoms with E-state index < -0.39 is 17.2 Å². The highest BCUT2D eigenvalue weighted by Crippen LogP contribution is 2.56. The standard InChI is InChI=1S/C20H17N3O4/c1-10-7-15(25)17-16(8-10)27-18(22)13(9-21)20(17)12-5-3-4-6-14(12)23(11(2)24)19(20)26/h3-6,10H,7-8,22H2,1-2H3. The quantitative estimate of drug-likeness (QED) is 0.752. The van der Waals surface area contributed by atoms with E-state index in [0.29, 0.717) is 23.4 Å². The molecule has 136 valence electrons. The molecule has 0 fully saturated rings. The molecule has 0 saturated heterocycles. The first-order valence-electron chi connectivity index (χ1n) is 8.63. The first-order valence-corrected chi connectivity index (χ1v) is 8.63. The number of nitrogens with two attached hydrogens (primary N) is 1. The van der Waals surface area contributed by atoms with E-state index in [2.05, 4.69) is 0 Å². The summed E-state index contributed by atoms with van der Waals surface area (Å²) < 4.78 is 5.62. The third kappa shape index (κ3) is 1.98. The smallest absolute Gasteiger partial charge is 0.254 e. The largest absolute Gasteiger partial charge is 0.444 e. The maximum absolute atomic E-state index is 13.6. The van der Waals surface area contributed by atoms with E-state index in [9.17, 15) is 19.6 Å². The molecule has 2 amide bonds. The fourth-order valence-corrected chi connectivity index (χ4v) is 4.38. The molecule has 0 radical (unpaired) electrons. The number of allylic oxidation sites excluding steroid dienone is 1. The fourth-order valence-electron chi connectivity index (χ4n) is 4.38. The van der Waals surface area contributed by atoms with Crippen LogP contribution in [0.3, 0.4) is 0 Å². The zero-order chi connectivity index (χ0) is 19.5. The van der Waals surface area contributed by atoms with Crippen LogP contribution < -0.4 is 10.6 Å². The first kappa shape index (κ1) is 17.0. The predicted molar refractivity (Wildman–Crippen MR) is 94.6 cm³/mol. The van der Waals surface area contributed by atoms with Crippen molar-refractivity contribution >= 4 is 23.3 Å².